The first-order valence-corrected chi connectivity index (χ1v) is 8.00. The zero-order valence-corrected chi connectivity index (χ0v) is 12.8. The van der Waals surface area contributed by atoms with E-state index < -0.39 is 0 Å². The molecular formula is C17H18N2OS. The average Bonchev–Trinajstić information content (AvgIpc) is 2.91. The number of hydrogen-bond donors (Lipinski definition) is 1. The topological polar surface area (TPSA) is 38.1 Å². The first-order valence-electron chi connectivity index (χ1n) is 7.18. The van der Waals surface area contributed by atoms with Crippen molar-refractivity contribution in [1.82, 2.24) is 10.3 Å². The van der Waals surface area contributed by atoms with E-state index in [2.05, 4.69) is 41.5 Å². The van der Waals surface area contributed by atoms with Crippen LogP contribution in [0.1, 0.15) is 18.9 Å². The van der Waals surface area contributed by atoms with Crippen LogP contribution in [0.4, 0.5) is 0 Å². The summed E-state index contributed by atoms with van der Waals surface area (Å²) in [7, 11) is 0. The van der Waals surface area contributed by atoms with E-state index in [1.807, 2.05) is 24.3 Å². The third kappa shape index (κ3) is 3.65. The van der Waals surface area contributed by atoms with Gasteiger partial charge in [-0.2, -0.15) is 0 Å². The summed E-state index contributed by atoms with van der Waals surface area (Å²) in [4.78, 5) is 5.61. The minimum atomic E-state index is 0.688. The Bertz CT molecular complexity index is 673. The molecule has 1 aromatic heterocycles. The van der Waals surface area contributed by atoms with Gasteiger partial charge in [0.2, 0.25) is 0 Å². The summed E-state index contributed by atoms with van der Waals surface area (Å²) >= 11 is 1.55. The van der Waals surface area contributed by atoms with Gasteiger partial charge in [-0.1, -0.05) is 31.2 Å². The summed E-state index contributed by atoms with van der Waals surface area (Å²) in [5.41, 5.74) is 3.03. The molecule has 0 spiro atoms. The first-order chi connectivity index (χ1) is 10.3. The standard InChI is InChI=1S/C17H18N2OS/c1-2-11-18-12-13-7-9-14(10-8-13)21-17-19-15-5-3-4-6-16(15)20-17/h3-10,18H,2,11-12H2,1H3. The second-order valence-corrected chi connectivity index (χ2v) is 5.90. The number of oxazole rings is 1. The van der Waals surface area contributed by atoms with Gasteiger partial charge in [0.05, 0.1) is 0 Å². The zero-order chi connectivity index (χ0) is 14.5. The molecule has 0 radical (unpaired) electrons. The van der Waals surface area contributed by atoms with Crippen molar-refractivity contribution in [1.29, 1.82) is 0 Å². The number of nitrogens with zero attached hydrogens (tertiary/aromatic N) is 1. The van der Waals surface area contributed by atoms with Crippen LogP contribution in [0.25, 0.3) is 11.1 Å². The molecule has 0 amide bonds. The van der Waals surface area contributed by atoms with Crippen LogP contribution < -0.4 is 5.32 Å². The van der Waals surface area contributed by atoms with Gasteiger partial charge in [-0.05, 0) is 54.6 Å². The van der Waals surface area contributed by atoms with E-state index in [0.717, 1.165) is 35.5 Å². The molecule has 108 valence electrons. The molecule has 0 aliphatic rings. The minimum absolute atomic E-state index is 0.688. The molecular weight excluding hydrogens is 280 g/mol. The van der Waals surface area contributed by atoms with Gasteiger partial charge in [0.15, 0.2) is 5.58 Å². The van der Waals surface area contributed by atoms with Crippen LogP contribution in [0.15, 0.2) is 63.1 Å². The van der Waals surface area contributed by atoms with Crippen LogP contribution in [-0.2, 0) is 6.54 Å². The summed E-state index contributed by atoms with van der Waals surface area (Å²) in [5.74, 6) is 0. The van der Waals surface area contributed by atoms with Crippen molar-refractivity contribution in [3.63, 3.8) is 0 Å². The molecule has 0 fully saturated rings. The summed E-state index contributed by atoms with van der Waals surface area (Å²) < 4.78 is 5.72. The molecule has 2 aromatic carbocycles. The second-order valence-electron chi connectivity index (χ2n) is 4.87. The van der Waals surface area contributed by atoms with E-state index in [-0.39, 0.29) is 0 Å². The molecule has 0 aliphatic heterocycles. The van der Waals surface area contributed by atoms with Gasteiger partial charge in [-0.15, -0.1) is 0 Å². The normalized spacial score (nSPS) is 11.1. The molecule has 0 unspecified atom stereocenters. The number of rotatable bonds is 6. The van der Waals surface area contributed by atoms with E-state index >= 15 is 0 Å². The van der Waals surface area contributed by atoms with E-state index in [4.69, 9.17) is 4.42 Å². The highest BCUT2D eigenvalue weighted by Gasteiger charge is 2.06. The Morgan fingerprint density at radius 1 is 1.10 bits per heavy atom. The molecule has 1 N–H and O–H groups in total. The molecule has 21 heavy (non-hydrogen) atoms. The van der Waals surface area contributed by atoms with Gasteiger partial charge in [-0.3, -0.25) is 0 Å². The van der Waals surface area contributed by atoms with Crippen LogP contribution in [0.5, 0.6) is 0 Å². The van der Waals surface area contributed by atoms with Gasteiger partial charge < -0.3 is 9.73 Å². The quantitative estimate of drug-likeness (QED) is 0.681. The van der Waals surface area contributed by atoms with Crippen LogP contribution >= 0.6 is 11.8 Å². The lowest BCUT2D eigenvalue weighted by atomic mass is 10.2. The number of fused-ring (bicyclic) bond motifs is 1. The van der Waals surface area contributed by atoms with Crippen molar-refractivity contribution in [2.45, 2.75) is 30.0 Å². The minimum Gasteiger partial charge on any atom is -0.431 e. The average molecular weight is 298 g/mol. The van der Waals surface area contributed by atoms with E-state index in [9.17, 15) is 0 Å². The van der Waals surface area contributed by atoms with E-state index in [1.54, 1.807) is 11.8 Å². The van der Waals surface area contributed by atoms with Crippen LogP contribution in [0.3, 0.4) is 0 Å². The van der Waals surface area contributed by atoms with Gasteiger partial charge in [0, 0.05) is 11.4 Å². The Kier molecular flexibility index (Phi) is 4.58. The van der Waals surface area contributed by atoms with Crippen LogP contribution in [0, 0.1) is 0 Å². The fraction of sp³-hybridized carbons (Fsp3) is 0.235. The number of benzene rings is 2. The van der Waals surface area contributed by atoms with Crippen molar-refractivity contribution < 1.29 is 4.42 Å². The molecule has 1 heterocycles. The predicted molar refractivity (Wildman–Crippen MR) is 86.6 cm³/mol. The maximum atomic E-state index is 5.72. The third-order valence-electron chi connectivity index (χ3n) is 3.16. The Labute approximate surface area is 128 Å². The molecule has 0 saturated carbocycles. The number of aromatic nitrogens is 1. The van der Waals surface area contributed by atoms with E-state index in [0.29, 0.717) is 5.22 Å². The highest BCUT2D eigenvalue weighted by atomic mass is 32.2. The summed E-state index contributed by atoms with van der Waals surface area (Å²) in [5, 5.41) is 4.09. The first kappa shape index (κ1) is 14.2. The summed E-state index contributed by atoms with van der Waals surface area (Å²) in [6.07, 6.45) is 1.16. The van der Waals surface area contributed by atoms with Gasteiger partial charge in [0.25, 0.3) is 5.22 Å². The van der Waals surface area contributed by atoms with Crippen molar-refractivity contribution in [3.05, 3.63) is 54.1 Å². The lowest BCUT2D eigenvalue weighted by Gasteiger charge is -2.04. The Morgan fingerprint density at radius 3 is 2.67 bits per heavy atom. The molecule has 4 heteroatoms. The fourth-order valence-electron chi connectivity index (χ4n) is 2.08. The SMILES string of the molecule is CCCNCc1ccc(Sc2nc3ccccc3o2)cc1. The fourth-order valence-corrected chi connectivity index (χ4v) is 2.83. The van der Waals surface area contributed by atoms with Gasteiger partial charge in [-0.25, -0.2) is 4.98 Å². The van der Waals surface area contributed by atoms with Gasteiger partial charge in [0.1, 0.15) is 5.52 Å². The monoisotopic (exact) mass is 298 g/mol. The molecule has 0 bridgehead atoms. The molecule has 0 aliphatic carbocycles. The molecule has 0 atom stereocenters. The van der Waals surface area contributed by atoms with Crippen LogP contribution in [0.2, 0.25) is 0 Å². The van der Waals surface area contributed by atoms with Crippen molar-refractivity contribution in [2.75, 3.05) is 6.54 Å². The van der Waals surface area contributed by atoms with Crippen molar-refractivity contribution in [3.8, 4) is 0 Å². The van der Waals surface area contributed by atoms with Crippen molar-refractivity contribution >= 4 is 22.9 Å². The second kappa shape index (κ2) is 6.78. The maximum absolute atomic E-state index is 5.72. The lowest BCUT2D eigenvalue weighted by molar-refractivity contribution is 0.489. The molecule has 3 nitrogen and oxygen atoms in total. The Hall–Kier alpha value is -1.78. The highest BCUT2D eigenvalue weighted by Crippen LogP contribution is 2.29. The largest absolute Gasteiger partial charge is 0.431 e. The summed E-state index contributed by atoms with van der Waals surface area (Å²) in [6.45, 7) is 4.15. The smallest absolute Gasteiger partial charge is 0.261 e. The Balaban J connectivity index is 1.67. The highest BCUT2D eigenvalue weighted by molar-refractivity contribution is 7.99. The number of para-hydroxylation sites is 2. The maximum Gasteiger partial charge on any atom is 0.261 e. The predicted octanol–water partition coefficient (Wildman–Crippen LogP) is 4.48. The third-order valence-corrected chi connectivity index (χ3v) is 4.02. The van der Waals surface area contributed by atoms with Crippen molar-refractivity contribution in [2.24, 2.45) is 0 Å². The van der Waals surface area contributed by atoms with Gasteiger partial charge >= 0.3 is 0 Å². The molecule has 3 aromatic rings. The Morgan fingerprint density at radius 2 is 1.90 bits per heavy atom. The molecule has 0 saturated heterocycles. The lowest BCUT2D eigenvalue weighted by Crippen LogP contribution is -2.13. The summed E-state index contributed by atoms with van der Waals surface area (Å²) in [6, 6.07) is 16.4. The zero-order valence-electron chi connectivity index (χ0n) is 12.0. The van der Waals surface area contributed by atoms with E-state index in [1.165, 1.54) is 5.56 Å². The van der Waals surface area contributed by atoms with Crippen LogP contribution in [-0.4, -0.2) is 11.5 Å². The molecule has 3 rings (SSSR count). The number of hydrogen-bond acceptors (Lipinski definition) is 4. The number of nitrogens with one attached hydrogen (secondary N) is 1.